The monoisotopic (exact) mass is 321 g/mol. The van der Waals surface area contributed by atoms with Crippen molar-refractivity contribution < 1.29 is 40.6 Å². The van der Waals surface area contributed by atoms with E-state index in [1.54, 1.807) is 4.90 Å². The number of rotatable bonds is 3. The molecule has 0 aromatic rings. The molecule has 21 heavy (non-hydrogen) atoms. The van der Waals surface area contributed by atoms with Crippen LogP contribution in [-0.4, -0.2) is 54.7 Å². The van der Waals surface area contributed by atoms with Gasteiger partial charge >= 0.3 is 18.5 Å². The van der Waals surface area contributed by atoms with E-state index >= 15 is 0 Å². The fraction of sp³-hybridized carbons (Fsp3) is 0.909. The van der Waals surface area contributed by atoms with Gasteiger partial charge in [-0.2, -0.15) is 13.2 Å². The third-order valence-electron chi connectivity index (χ3n) is 3.78. The molecule has 0 radical (unpaired) electrons. The molecule has 2 aliphatic heterocycles. The molecule has 2 heterocycles. The van der Waals surface area contributed by atoms with Crippen molar-refractivity contribution >= 4 is 5.97 Å². The molecule has 2 rings (SSSR count). The van der Waals surface area contributed by atoms with Gasteiger partial charge in [-0.05, 0) is 25.8 Å². The van der Waals surface area contributed by atoms with Crippen molar-refractivity contribution in [2.45, 2.75) is 43.4 Å². The lowest BCUT2D eigenvalue weighted by molar-refractivity contribution is -0.340. The maximum absolute atomic E-state index is 12.2. The number of nitrogens with zero attached hydrogens (tertiary/aromatic N) is 1. The molecular formula is C11H13F6NO3. The van der Waals surface area contributed by atoms with E-state index in [4.69, 9.17) is 0 Å². The second-order valence-electron chi connectivity index (χ2n) is 5.24. The molecule has 2 saturated heterocycles. The number of hydrogen-bond donors (Lipinski definition) is 0. The Labute approximate surface area is 116 Å². The highest BCUT2D eigenvalue weighted by atomic mass is 19.4. The normalized spacial score (nSPS) is 30.5. The van der Waals surface area contributed by atoms with Crippen LogP contribution < -0.4 is 0 Å². The predicted octanol–water partition coefficient (Wildman–Crippen LogP) is 2.24. The van der Waals surface area contributed by atoms with Crippen LogP contribution in [0.3, 0.4) is 0 Å². The molecule has 0 aromatic carbocycles. The van der Waals surface area contributed by atoms with E-state index in [1.807, 2.05) is 0 Å². The third kappa shape index (κ3) is 3.79. The summed E-state index contributed by atoms with van der Waals surface area (Å²) in [5.41, 5.74) is -0.989. The minimum Gasteiger partial charge on any atom is -0.457 e. The molecule has 2 fully saturated rings. The molecule has 0 N–H and O–H groups in total. The average Bonchev–Trinajstić information content (AvgIpc) is 2.78. The first-order valence-corrected chi connectivity index (χ1v) is 6.25. The maximum Gasteiger partial charge on any atom is 0.522 e. The molecule has 2 atom stereocenters. The van der Waals surface area contributed by atoms with Gasteiger partial charge in [-0.15, -0.1) is 13.2 Å². The molecule has 0 spiro atoms. The molecule has 0 bridgehead atoms. The summed E-state index contributed by atoms with van der Waals surface area (Å²) < 4.78 is 81.1. The largest absolute Gasteiger partial charge is 0.522 e. The van der Waals surface area contributed by atoms with Gasteiger partial charge in [-0.25, -0.2) is 4.79 Å². The van der Waals surface area contributed by atoms with Crippen LogP contribution in [0.5, 0.6) is 0 Å². The van der Waals surface area contributed by atoms with Crippen molar-refractivity contribution in [1.29, 1.82) is 0 Å². The highest BCUT2D eigenvalue weighted by Gasteiger charge is 2.53. The predicted molar refractivity (Wildman–Crippen MR) is 56.1 cm³/mol. The smallest absolute Gasteiger partial charge is 0.457 e. The fourth-order valence-electron chi connectivity index (χ4n) is 3.02. The van der Waals surface area contributed by atoms with E-state index < -0.39 is 36.8 Å². The van der Waals surface area contributed by atoms with Crippen molar-refractivity contribution in [3.8, 4) is 0 Å². The minimum absolute atomic E-state index is 0.0386. The van der Waals surface area contributed by atoms with Crippen LogP contribution in [0.25, 0.3) is 0 Å². The maximum atomic E-state index is 12.2. The quantitative estimate of drug-likeness (QED) is 0.590. The molecule has 0 aromatic heterocycles. The summed E-state index contributed by atoms with van der Waals surface area (Å²) in [4.78, 5) is 12.3. The molecule has 0 saturated carbocycles. The Morgan fingerprint density at radius 1 is 1.24 bits per heavy atom. The number of carbonyl (C=O) groups is 1. The van der Waals surface area contributed by atoms with Gasteiger partial charge in [0.15, 0.2) is 0 Å². The Bertz CT molecular complexity index is 410. The molecule has 122 valence electrons. The van der Waals surface area contributed by atoms with Crippen molar-refractivity contribution in [2.24, 2.45) is 0 Å². The standard InChI is InChI=1S/C11H13F6NO3/c12-10(13,14)8(19)20-6-9-2-1-3-18(9)5-7(4-9)21-11(15,16)17/h7H,1-6H2/t7-,9-/m1/s1. The number of hydrogen-bond acceptors (Lipinski definition) is 4. The van der Waals surface area contributed by atoms with Gasteiger partial charge in [0.2, 0.25) is 0 Å². The van der Waals surface area contributed by atoms with Gasteiger partial charge in [-0.1, -0.05) is 0 Å². The van der Waals surface area contributed by atoms with Crippen molar-refractivity contribution in [2.75, 3.05) is 19.7 Å². The van der Waals surface area contributed by atoms with E-state index in [1.165, 1.54) is 0 Å². The van der Waals surface area contributed by atoms with E-state index in [-0.39, 0.29) is 13.0 Å². The summed E-state index contributed by atoms with van der Waals surface area (Å²) in [5.74, 6) is -2.33. The van der Waals surface area contributed by atoms with Gasteiger partial charge in [0, 0.05) is 6.54 Å². The zero-order valence-electron chi connectivity index (χ0n) is 10.8. The Morgan fingerprint density at radius 2 is 1.90 bits per heavy atom. The zero-order chi connectivity index (χ0) is 15.9. The third-order valence-corrected chi connectivity index (χ3v) is 3.78. The SMILES string of the molecule is O=C(OC[C@]12CCCN1C[C@H](OC(F)(F)F)C2)C(F)(F)F. The number of ether oxygens (including phenoxy) is 2. The van der Waals surface area contributed by atoms with Gasteiger partial charge in [0.25, 0.3) is 0 Å². The summed E-state index contributed by atoms with van der Waals surface area (Å²) >= 11 is 0. The van der Waals surface area contributed by atoms with E-state index in [0.29, 0.717) is 19.4 Å². The lowest BCUT2D eigenvalue weighted by Gasteiger charge is -2.31. The first-order chi connectivity index (χ1) is 9.52. The van der Waals surface area contributed by atoms with Crippen LogP contribution in [0.2, 0.25) is 0 Å². The number of halogens is 6. The molecular weight excluding hydrogens is 308 g/mol. The summed E-state index contributed by atoms with van der Waals surface area (Å²) in [6, 6.07) is 0. The summed E-state index contributed by atoms with van der Waals surface area (Å²) in [6.45, 7) is -0.173. The summed E-state index contributed by atoms with van der Waals surface area (Å²) in [7, 11) is 0. The number of esters is 1. The van der Waals surface area contributed by atoms with Crippen LogP contribution >= 0.6 is 0 Å². The summed E-state index contributed by atoms with van der Waals surface area (Å²) in [5, 5.41) is 0. The zero-order valence-corrected chi connectivity index (χ0v) is 10.8. The van der Waals surface area contributed by atoms with Gasteiger partial charge in [0.05, 0.1) is 11.6 Å². The number of alkyl halides is 6. The molecule has 0 aliphatic carbocycles. The van der Waals surface area contributed by atoms with Crippen molar-refractivity contribution in [3.05, 3.63) is 0 Å². The minimum atomic E-state index is -5.11. The van der Waals surface area contributed by atoms with E-state index in [0.717, 1.165) is 0 Å². The van der Waals surface area contributed by atoms with Gasteiger partial charge in [0.1, 0.15) is 6.61 Å². The van der Waals surface area contributed by atoms with Gasteiger partial charge < -0.3 is 4.74 Å². The summed E-state index contributed by atoms with van der Waals surface area (Å²) in [6.07, 6.45) is -10.2. The molecule has 2 aliphatic rings. The Balaban J connectivity index is 1.98. The highest BCUT2D eigenvalue weighted by molar-refractivity contribution is 5.75. The van der Waals surface area contributed by atoms with E-state index in [9.17, 15) is 31.1 Å². The average molecular weight is 321 g/mol. The van der Waals surface area contributed by atoms with Crippen molar-refractivity contribution in [3.63, 3.8) is 0 Å². The Hall–Kier alpha value is -1.03. The van der Waals surface area contributed by atoms with Gasteiger partial charge in [-0.3, -0.25) is 9.64 Å². The lowest BCUT2D eigenvalue weighted by Crippen LogP contribution is -2.44. The molecule has 0 unspecified atom stereocenters. The highest BCUT2D eigenvalue weighted by Crippen LogP contribution is 2.41. The Kier molecular flexibility index (Phi) is 4.13. The first kappa shape index (κ1) is 16.3. The molecule has 10 heteroatoms. The lowest BCUT2D eigenvalue weighted by atomic mass is 9.94. The van der Waals surface area contributed by atoms with E-state index in [2.05, 4.69) is 9.47 Å². The molecule has 0 amide bonds. The Morgan fingerprint density at radius 3 is 2.48 bits per heavy atom. The van der Waals surface area contributed by atoms with Crippen LogP contribution in [0.1, 0.15) is 19.3 Å². The first-order valence-electron chi connectivity index (χ1n) is 6.25. The van der Waals surface area contributed by atoms with Crippen LogP contribution in [0.15, 0.2) is 0 Å². The second-order valence-corrected chi connectivity index (χ2v) is 5.24. The second kappa shape index (κ2) is 5.31. The van der Waals surface area contributed by atoms with Crippen molar-refractivity contribution in [1.82, 2.24) is 4.90 Å². The fourth-order valence-corrected chi connectivity index (χ4v) is 3.02. The molecule has 4 nitrogen and oxygen atoms in total. The van der Waals surface area contributed by atoms with Crippen LogP contribution in [0.4, 0.5) is 26.3 Å². The number of carbonyl (C=O) groups excluding carboxylic acids is 1. The van der Waals surface area contributed by atoms with Crippen LogP contribution in [0, 0.1) is 0 Å². The van der Waals surface area contributed by atoms with Crippen LogP contribution in [-0.2, 0) is 14.3 Å². The topological polar surface area (TPSA) is 38.8 Å². The number of fused-ring (bicyclic) bond motifs is 1.